The maximum Gasteiger partial charge on any atom is 0.390 e. The van der Waals surface area contributed by atoms with Crippen LogP contribution in [0.2, 0.25) is 0 Å². The Morgan fingerprint density at radius 2 is 2.07 bits per heavy atom. The first-order valence-corrected chi connectivity index (χ1v) is 9.01. The van der Waals surface area contributed by atoms with Crippen LogP contribution in [0.15, 0.2) is 43.2 Å². The highest BCUT2D eigenvalue weighted by Crippen LogP contribution is 2.28. The van der Waals surface area contributed by atoms with Gasteiger partial charge in [0.15, 0.2) is 5.65 Å². The lowest BCUT2D eigenvalue weighted by Gasteiger charge is -2.12. The van der Waals surface area contributed by atoms with Crippen LogP contribution < -0.4 is 10.6 Å². The van der Waals surface area contributed by atoms with Crippen LogP contribution in [-0.2, 0) is 0 Å². The van der Waals surface area contributed by atoms with Gasteiger partial charge in [0, 0.05) is 30.9 Å². The van der Waals surface area contributed by atoms with E-state index < -0.39 is 12.6 Å². The molecule has 0 unspecified atom stereocenters. The van der Waals surface area contributed by atoms with E-state index in [-0.39, 0.29) is 12.5 Å². The van der Waals surface area contributed by atoms with Crippen molar-refractivity contribution in [3.8, 4) is 11.3 Å². The van der Waals surface area contributed by atoms with Crippen molar-refractivity contribution in [1.82, 2.24) is 14.7 Å². The molecule has 0 bridgehead atoms. The van der Waals surface area contributed by atoms with Gasteiger partial charge in [-0.3, -0.25) is 9.20 Å². The molecule has 0 aliphatic rings. The molecule has 5 nitrogen and oxygen atoms in total. The monoisotopic (exact) mass is 402 g/mol. The van der Waals surface area contributed by atoms with Crippen LogP contribution in [0.4, 0.5) is 18.9 Å². The summed E-state index contributed by atoms with van der Waals surface area (Å²) in [7, 11) is 1.57. The third-order valence-corrected chi connectivity index (χ3v) is 4.58. The Bertz CT molecular complexity index is 1070. The number of aryl methyl sites for hydroxylation is 1. The van der Waals surface area contributed by atoms with E-state index in [4.69, 9.17) is 0 Å². The normalized spacial score (nSPS) is 11.5. The minimum Gasteiger partial charge on any atom is -0.382 e. The number of hydrogen-bond donors (Lipinski definition) is 2. The molecule has 152 valence electrons. The predicted octanol–water partition coefficient (Wildman–Crippen LogP) is 4.68. The Hall–Kier alpha value is -3.29. The standard InChI is InChI=1S/C21H21F3N4O/c1-4-14-10-17(26-8-7-21(22,23)24)19-27-11-18(28(19)12-14)15-5-6-16(13(2)9-15)20(29)25-3/h4-6,9-12,26H,1,7-8H2,2-3H3,(H,25,29). The smallest absolute Gasteiger partial charge is 0.382 e. The van der Waals surface area contributed by atoms with Crippen molar-refractivity contribution in [2.45, 2.75) is 19.5 Å². The molecule has 2 heterocycles. The zero-order valence-corrected chi connectivity index (χ0v) is 16.1. The summed E-state index contributed by atoms with van der Waals surface area (Å²) in [5, 5.41) is 5.43. The van der Waals surface area contributed by atoms with Crippen molar-refractivity contribution in [2.75, 3.05) is 18.9 Å². The van der Waals surface area contributed by atoms with E-state index >= 15 is 0 Å². The average molecular weight is 402 g/mol. The van der Waals surface area contributed by atoms with E-state index in [0.717, 1.165) is 22.4 Å². The van der Waals surface area contributed by atoms with Gasteiger partial charge in [0.25, 0.3) is 5.91 Å². The summed E-state index contributed by atoms with van der Waals surface area (Å²) in [6.45, 7) is 5.35. The first kappa shape index (κ1) is 20.4. The Morgan fingerprint density at radius 1 is 1.31 bits per heavy atom. The largest absolute Gasteiger partial charge is 0.390 e. The van der Waals surface area contributed by atoms with Gasteiger partial charge in [-0.25, -0.2) is 4.98 Å². The van der Waals surface area contributed by atoms with E-state index in [0.29, 0.717) is 16.9 Å². The highest BCUT2D eigenvalue weighted by atomic mass is 19.4. The lowest BCUT2D eigenvalue weighted by molar-refractivity contribution is -0.131. The van der Waals surface area contributed by atoms with Gasteiger partial charge in [0.1, 0.15) is 0 Å². The number of fused-ring (bicyclic) bond motifs is 1. The van der Waals surface area contributed by atoms with Gasteiger partial charge < -0.3 is 10.6 Å². The van der Waals surface area contributed by atoms with Crippen molar-refractivity contribution < 1.29 is 18.0 Å². The fourth-order valence-corrected chi connectivity index (χ4v) is 3.12. The second-order valence-electron chi connectivity index (χ2n) is 6.63. The minimum absolute atomic E-state index is 0.169. The molecule has 0 saturated heterocycles. The van der Waals surface area contributed by atoms with Crippen molar-refractivity contribution in [3.05, 3.63) is 59.9 Å². The zero-order chi connectivity index (χ0) is 21.2. The second-order valence-corrected chi connectivity index (χ2v) is 6.63. The predicted molar refractivity (Wildman–Crippen MR) is 108 cm³/mol. The molecule has 2 N–H and O–H groups in total. The molecular weight excluding hydrogens is 381 g/mol. The van der Waals surface area contributed by atoms with E-state index in [1.165, 1.54) is 0 Å². The van der Waals surface area contributed by atoms with Crippen LogP contribution in [-0.4, -0.2) is 35.1 Å². The van der Waals surface area contributed by atoms with Gasteiger partial charge >= 0.3 is 6.18 Å². The second kappa shape index (κ2) is 7.98. The molecule has 1 amide bonds. The summed E-state index contributed by atoms with van der Waals surface area (Å²) < 4.78 is 39.3. The van der Waals surface area contributed by atoms with Crippen LogP contribution in [0.5, 0.6) is 0 Å². The number of amides is 1. The third-order valence-electron chi connectivity index (χ3n) is 4.58. The third kappa shape index (κ3) is 4.42. The van der Waals surface area contributed by atoms with Gasteiger partial charge in [-0.2, -0.15) is 13.2 Å². The Labute approximate surface area is 166 Å². The van der Waals surface area contributed by atoms with Gasteiger partial charge in [-0.05, 0) is 36.2 Å². The fourth-order valence-electron chi connectivity index (χ4n) is 3.12. The summed E-state index contributed by atoms with van der Waals surface area (Å²) in [5.41, 5.74) is 4.73. The van der Waals surface area contributed by atoms with Crippen molar-refractivity contribution in [2.24, 2.45) is 0 Å². The molecule has 3 rings (SSSR count). The van der Waals surface area contributed by atoms with E-state index in [1.807, 2.05) is 25.3 Å². The molecule has 0 saturated carbocycles. The number of anilines is 1. The highest BCUT2D eigenvalue weighted by Gasteiger charge is 2.26. The number of carbonyl (C=O) groups is 1. The van der Waals surface area contributed by atoms with Crippen LogP contribution >= 0.6 is 0 Å². The number of benzene rings is 1. The first-order valence-electron chi connectivity index (χ1n) is 9.01. The topological polar surface area (TPSA) is 58.4 Å². The number of nitrogens with zero attached hydrogens (tertiary/aromatic N) is 2. The summed E-state index contributed by atoms with van der Waals surface area (Å²) >= 11 is 0. The molecule has 29 heavy (non-hydrogen) atoms. The first-order chi connectivity index (χ1) is 13.7. The zero-order valence-electron chi connectivity index (χ0n) is 16.1. The van der Waals surface area contributed by atoms with E-state index in [1.54, 1.807) is 35.9 Å². The number of rotatable bonds is 6. The number of carbonyl (C=O) groups excluding carboxylic acids is 1. The molecule has 2 aromatic heterocycles. The van der Waals surface area contributed by atoms with E-state index in [2.05, 4.69) is 22.2 Å². The van der Waals surface area contributed by atoms with Crippen LogP contribution in [0.25, 0.3) is 23.0 Å². The fraction of sp³-hybridized carbons (Fsp3) is 0.238. The number of pyridine rings is 1. The molecule has 0 fully saturated rings. The van der Waals surface area contributed by atoms with E-state index in [9.17, 15) is 18.0 Å². The minimum atomic E-state index is -4.23. The summed E-state index contributed by atoms with van der Waals surface area (Å²) in [4.78, 5) is 16.3. The summed E-state index contributed by atoms with van der Waals surface area (Å²) in [6, 6.07) is 7.15. The molecule has 0 aliphatic heterocycles. The van der Waals surface area contributed by atoms with Crippen LogP contribution in [0.3, 0.4) is 0 Å². The quantitative estimate of drug-likeness (QED) is 0.630. The lowest BCUT2D eigenvalue weighted by Crippen LogP contribution is -2.18. The molecule has 0 radical (unpaired) electrons. The molecular formula is C21H21F3N4O. The molecule has 1 aromatic carbocycles. The number of aromatic nitrogens is 2. The van der Waals surface area contributed by atoms with Gasteiger partial charge in [0.2, 0.25) is 0 Å². The summed E-state index contributed by atoms with van der Waals surface area (Å²) in [5.74, 6) is -0.169. The number of halogens is 3. The SMILES string of the molecule is C=Cc1cc(NCCC(F)(F)F)c2ncc(-c3ccc(C(=O)NC)c(C)c3)n2c1. The molecule has 3 aromatic rings. The van der Waals surface area contributed by atoms with Crippen LogP contribution in [0.1, 0.15) is 27.9 Å². The molecule has 8 heteroatoms. The summed E-state index contributed by atoms with van der Waals surface area (Å²) in [6.07, 6.45) is -0.0691. The molecule has 0 spiro atoms. The van der Waals surface area contributed by atoms with Crippen molar-refractivity contribution >= 4 is 23.3 Å². The maximum atomic E-state index is 12.5. The van der Waals surface area contributed by atoms with Crippen molar-refractivity contribution in [1.29, 1.82) is 0 Å². The average Bonchev–Trinajstić information content (AvgIpc) is 3.10. The Morgan fingerprint density at radius 3 is 2.69 bits per heavy atom. The van der Waals surface area contributed by atoms with Crippen molar-refractivity contribution in [3.63, 3.8) is 0 Å². The van der Waals surface area contributed by atoms with Crippen LogP contribution in [0, 0.1) is 6.92 Å². The molecule has 0 aliphatic carbocycles. The number of hydrogen-bond acceptors (Lipinski definition) is 3. The number of nitrogens with one attached hydrogen (secondary N) is 2. The van der Waals surface area contributed by atoms with Gasteiger partial charge in [0.05, 0.1) is 24.0 Å². The number of imidazole rings is 1. The maximum absolute atomic E-state index is 12.5. The Kier molecular flexibility index (Phi) is 5.63. The highest BCUT2D eigenvalue weighted by molar-refractivity contribution is 5.96. The lowest BCUT2D eigenvalue weighted by atomic mass is 10.0. The van der Waals surface area contributed by atoms with Gasteiger partial charge in [-0.15, -0.1) is 0 Å². The molecule has 0 atom stereocenters. The number of alkyl halides is 3. The van der Waals surface area contributed by atoms with Gasteiger partial charge in [-0.1, -0.05) is 18.7 Å². The Balaban J connectivity index is 2.02.